The van der Waals surface area contributed by atoms with Gasteiger partial charge in [0, 0.05) is 19.6 Å². The van der Waals surface area contributed by atoms with Crippen molar-refractivity contribution < 1.29 is 19.0 Å². The summed E-state index contributed by atoms with van der Waals surface area (Å²) in [7, 11) is 1.91. The Morgan fingerprint density at radius 1 is 1.45 bits per heavy atom. The molecule has 6 heteroatoms. The molecule has 122 valence electrons. The van der Waals surface area contributed by atoms with Crippen LogP contribution in [-0.4, -0.2) is 73.4 Å². The van der Waals surface area contributed by atoms with E-state index in [9.17, 15) is 9.18 Å². The lowest BCUT2D eigenvalue weighted by atomic mass is 10.1. The number of aliphatic hydroxyl groups is 1. The molecule has 0 aliphatic carbocycles. The number of morpholine rings is 1. The van der Waals surface area contributed by atoms with Gasteiger partial charge in [0.2, 0.25) is 5.91 Å². The van der Waals surface area contributed by atoms with Gasteiger partial charge in [-0.25, -0.2) is 4.39 Å². The van der Waals surface area contributed by atoms with Crippen LogP contribution >= 0.6 is 0 Å². The Balaban J connectivity index is 1.96. The number of hydrogen-bond acceptors (Lipinski definition) is 4. The van der Waals surface area contributed by atoms with E-state index in [1.807, 2.05) is 16.8 Å². The monoisotopic (exact) mass is 310 g/mol. The number of carbonyl (C=O) groups is 1. The predicted molar refractivity (Wildman–Crippen MR) is 81.0 cm³/mol. The molecule has 1 aliphatic heterocycles. The molecule has 0 radical (unpaired) electrons. The van der Waals surface area contributed by atoms with Crippen molar-refractivity contribution in [3.8, 4) is 0 Å². The highest BCUT2D eigenvalue weighted by molar-refractivity contribution is 5.79. The summed E-state index contributed by atoms with van der Waals surface area (Å²) in [5.41, 5.74) is 0.806. The number of aliphatic hydroxyl groups excluding tert-OH is 1. The molecule has 1 atom stereocenters. The SMILES string of the molecule is CN(CCO)C[C@H]1COCCN1C(=O)Cc1ccc(F)cc1. The number of halogens is 1. The highest BCUT2D eigenvalue weighted by atomic mass is 19.1. The lowest BCUT2D eigenvalue weighted by Gasteiger charge is -2.37. The molecule has 1 saturated heterocycles. The Hall–Kier alpha value is -1.50. The van der Waals surface area contributed by atoms with Crippen molar-refractivity contribution >= 4 is 5.91 Å². The minimum atomic E-state index is -0.300. The van der Waals surface area contributed by atoms with Crippen molar-refractivity contribution in [2.75, 3.05) is 46.5 Å². The van der Waals surface area contributed by atoms with E-state index in [0.29, 0.717) is 32.8 Å². The quantitative estimate of drug-likeness (QED) is 0.832. The molecular formula is C16H23FN2O3. The maximum Gasteiger partial charge on any atom is 0.227 e. The van der Waals surface area contributed by atoms with Gasteiger partial charge in [0.05, 0.1) is 32.3 Å². The third-order valence-electron chi connectivity index (χ3n) is 3.82. The van der Waals surface area contributed by atoms with Crippen molar-refractivity contribution in [2.45, 2.75) is 12.5 Å². The van der Waals surface area contributed by atoms with Crippen molar-refractivity contribution in [3.63, 3.8) is 0 Å². The third-order valence-corrected chi connectivity index (χ3v) is 3.82. The van der Waals surface area contributed by atoms with Gasteiger partial charge in [0.1, 0.15) is 5.82 Å². The van der Waals surface area contributed by atoms with Gasteiger partial charge in [0.25, 0.3) is 0 Å². The van der Waals surface area contributed by atoms with E-state index >= 15 is 0 Å². The van der Waals surface area contributed by atoms with E-state index < -0.39 is 0 Å². The molecule has 0 spiro atoms. The Labute approximate surface area is 130 Å². The normalized spacial score (nSPS) is 18.7. The summed E-state index contributed by atoms with van der Waals surface area (Å²) in [6.07, 6.45) is 0.264. The fourth-order valence-electron chi connectivity index (χ4n) is 2.63. The Bertz CT molecular complexity index is 481. The van der Waals surface area contributed by atoms with Crippen LogP contribution in [0.3, 0.4) is 0 Å². The fourth-order valence-corrected chi connectivity index (χ4v) is 2.63. The molecule has 0 bridgehead atoms. The van der Waals surface area contributed by atoms with Gasteiger partial charge in [-0.1, -0.05) is 12.1 Å². The number of carbonyl (C=O) groups excluding carboxylic acids is 1. The van der Waals surface area contributed by atoms with Crippen molar-refractivity contribution in [1.29, 1.82) is 0 Å². The van der Waals surface area contributed by atoms with E-state index in [4.69, 9.17) is 9.84 Å². The zero-order chi connectivity index (χ0) is 15.9. The number of likely N-dealkylation sites (N-methyl/N-ethyl adjacent to an activating group) is 1. The summed E-state index contributed by atoms with van der Waals surface area (Å²) in [6.45, 7) is 2.93. The van der Waals surface area contributed by atoms with Crippen molar-refractivity contribution in [2.24, 2.45) is 0 Å². The lowest BCUT2D eigenvalue weighted by molar-refractivity contribution is -0.139. The van der Waals surface area contributed by atoms with Crippen LogP contribution in [0.1, 0.15) is 5.56 Å². The molecule has 1 fully saturated rings. The van der Waals surface area contributed by atoms with Gasteiger partial charge < -0.3 is 19.6 Å². The average molecular weight is 310 g/mol. The maximum absolute atomic E-state index is 12.9. The van der Waals surface area contributed by atoms with E-state index in [-0.39, 0.29) is 30.8 Å². The smallest absolute Gasteiger partial charge is 0.227 e. The lowest BCUT2D eigenvalue weighted by Crippen LogP contribution is -2.53. The molecule has 0 saturated carbocycles. The predicted octanol–water partition coefficient (Wildman–Crippen LogP) is 0.520. The minimum Gasteiger partial charge on any atom is -0.395 e. The van der Waals surface area contributed by atoms with E-state index in [0.717, 1.165) is 5.56 Å². The number of hydrogen-bond donors (Lipinski definition) is 1. The van der Waals surface area contributed by atoms with Gasteiger partial charge in [-0.05, 0) is 24.7 Å². The number of rotatable bonds is 6. The summed E-state index contributed by atoms with van der Waals surface area (Å²) in [6, 6.07) is 6.00. The zero-order valence-corrected chi connectivity index (χ0v) is 12.9. The van der Waals surface area contributed by atoms with Gasteiger partial charge in [-0.15, -0.1) is 0 Å². The zero-order valence-electron chi connectivity index (χ0n) is 12.9. The van der Waals surface area contributed by atoms with E-state index in [1.54, 1.807) is 12.1 Å². The number of ether oxygens (including phenoxy) is 1. The molecule has 0 unspecified atom stereocenters. The molecule has 1 amide bonds. The van der Waals surface area contributed by atoms with Gasteiger partial charge in [-0.2, -0.15) is 0 Å². The summed E-state index contributed by atoms with van der Waals surface area (Å²) in [4.78, 5) is 16.3. The number of amides is 1. The van der Waals surface area contributed by atoms with E-state index in [2.05, 4.69) is 0 Å². The molecule has 2 rings (SSSR count). The molecule has 1 aromatic carbocycles. The first kappa shape index (κ1) is 16.9. The minimum absolute atomic E-state index is 0.0155. The Kier molecular flexibility index (Phi) is 6.30. The summed E-state index contributed by atoms with van der Waals surface area (Å²) in [5, 5.41) is 8.97. The van der Waals surface area contributed by atoms with Gasteiger partial charge >= 0.3 is 0 Å². The molecule has 1 aliphatic rings. The van der Waals surface area contributed by atoms with Crippen LogP contribution < -0.4 is 0 Å². The molecule has 0 aromatic heterocycles. The summed E-state index contributed by atoms with van der Waals surface area (Å²) in [5.74, 6) is -0.275. The summed E-state index contributed by atoms with van der Waals surface area (Å²) < 4.78 is 18.4. The second kappa shape index (κ2) is 8.22. The number of benzene rings is 1. The molecule has 1 N–H and O–H groups in total. The molecule has 1 aromatic rings. The molecule has 1 heterocycles. The van der Waals surface area contributed by atoms with Crippen LogP contribution in [0.4, 0.5) is 4.39 Å². The first-order valence-electron chi connectivity index (χ1n) is 7.51. The van der Waals surface area contributed by atoms with Crippen LogP contribution in [0.2, 0.25) is 0 Å². The first-order valence-corrected chi connectivity index (χ1v) is 7.51. The topological polar surface area (TPSA) is 53.0 Å². The largest absolute Gasteiger partial charge is 0.395 e. The Morgan fingerprint density at radius 3 is 2.86 bits per heavy atom. The summed E-state index contributed by atoms with van der Waals surface area (Å²) >= 11 is 0. The van der Waals surface area contributed by atoms with E-state index in [1.165, 1.54) is 12.1 Å². The standard InChI is InChI=1S/C16H23FN2O3/c1-18(6-8-20)11-15-12-22-9-7-19(15)16(21)10-13-2-4-14(17)5-3-13/h2-5,15,20H,6-12H2,1H3/t15-/m0/s1. The first-order chi connectivity index (χ1) is 10.6. The van der Waals surface area contributed by atoms with Crippen LogP contribution in [0.5, 0.6) is 0 Å². The van der Waals surface area contributed by atoms with Crippen LogP contribution in [-0.2, 0) is 16.0 Å². The second-order valence-electron chi connectivity index (χ2n) is 5.60. The van der Waals surface area contributed by atoms with Crippen molar-refractivity contribution in [1.82, 2.24) is 9.80 Å². The Morgan fingerprint density at radius 2 is 2.18 bits per heavy atom. The molecule has 5 nitrogen and oxygen atoms in total. The van der Waals surface area contributed by atoms with Crippen LogP contribution in [0.25, 0.3) is 0 Å². The van der Waals surface area contributed by atoms with Crippen LogP contribution in [0.15, 0.2) is 24.3 Å². The van der Waals surface area contributed by atoms with Crippen LogP contribution in [0, 0.1) is 5.82 Å². The number of nitrogens with zero attached hydrogens (tertiary/aromatic N) is 2. The maximum atomic E-state index is 12.9. The third kappa shape index (κ3) is 4.76. The molecule has 22 heavy (non-hydrogen) atoms. The highest BCUT2D eigenvalue weighted by Crippen LogP contribution is 2.12. The highest BCUT2D eigenvalue weighted by Gasteiger charge is 2.28. The fraction of sp³-hybridized carbons (Fsp3) is 0.562. The van der Waals surface area contributed by atoms with Crippen molar-refractivity contribution in [3.05, 3.63) is 35.6 Å². The average Bonchev–Trinajstić information content (AvgIpc) is 2.50. The van der Waals surface area contributed by atoms with Gasteiger partial charge in [-0.3, -0.25) is 4.79 Å². The molecular weight excluding hydrogens is 287 g/mol. The second-order valence-corrected chi connectivity index (χ2v) is 5.60. The van der Waals surface area contributed by atoms with Gasteiger partial charge in [0.15, 0.2) is 0 Å².